The second kappa shape index (κ2) is 5.96. The lowest BCUT2D eigenvalue weighted by atomic mass is 10.1. The van der Waals surface area contributed by atoms with Crippen molar-refractivity contribution in [2.24, 2.45) is 7.05 Å². The Morgan fingerprint density at radius 1 is 1.30 bits per heavy atom. The number of hydrogen-bond donors (Lipinski definition) is 1. The summed E-state index contributed by atoms with van der Waals surface area (Å²) in [4.78, 5) is 19.6. The number of rotatable bonds is 3. The second-order valence-electron chi connectivity index (χ2n) is 5.11. The van der Waals surface area contributed by atoms with E-state index in [2.05, 4.69) is 36.3 Å². The van der Waals surface area contributed by atoms with Crippen LogP contribution in [0.25, 0.3) is 22.7 Å². The van der Waals surface area contributed by atoms with Crippen LogP contribution in [0.5, 0.6) is 0 Å². The van der Waals surface area contributed by atoms with Crippen LogP contribution in [0.3, 0.4) is 0 Å². The van der Waals surface area contributed by atoms with Crippen molar-refractivity contribution < 1.29 is 9.21 Å². The van der Waals surface area contributed by atoms with E-state index in [4.69, 9.17) is 4.42 Å². The van der Waals surface area contributed by atoms with Gasteiger partial charge in [-0.3, -0.25) is 9.48 Å². The molecule has 0 fully saturated rings. The van der Waals surface area contributed by atoms with Gasteiger partial charge in [-0.15, -0.1) is 0 Å². The molecule has 1 amide bonds. The summed E-state index contributed by atoms with van der Waals surface area (Å²) in [5.41, 5.74) is 2.53. The summed E-state index contributed by atoms with van der Waals surface area (Å²) in [6.07, 6.45) is 3.32. The Hall–Kier alpha value is -2.48. The summed E-state index contributed by atoms with van der Waals surface area (Å²) in [5, 5.41) is 6.94. The zero-order valence-corrected chi connectivity index (χ0v) is 14.4. The highest BCUT2D eigenvalue weighted by Crippen LogP contribution is 2.36. The Morgan fingerprint density at radius 2 is 2.09 bits per heavy atom. The van der Waals surface area contributed by atoms with Crippen molar-refractivity contribution in [2.45, 2.75) is 13.8 Å². The SMILES string of the molecule is CC(=O)Nc1cc(-c2cc(-c3ncn(C)n3)c(Br)o2)c(C)cn1. The first kappa shape index (κ1) is 15.4. The second-order valence-corrected chi connectivity index (χ2v) is 5.83. The maximum Gasteiger partial charge on any atom is 0.222 e. The summed E-state index contributed by atoms with van der Waals surface area (Å²) < 4.78 is 7.97. The van der Waals surface area contributed by atoms with Gasteiger partial charge in [0.1, 0.15) is 17.9 Å². The fraction of sp³-hybridized carbons (Fsp3) is 0.200. The van der Waals surface area contributed by atoms with Crippen molar-refractivity contribution in [1.82, 2.24) is 19.7 Å². The zero-order chi connectivity index (χ0) is 16.6. The molecule has 1 N–H and O–H groups in total. The number of nitrogens with one attached hydrogen (secondary N) is 1. The molecule has 0 aliphatic carbocycles. The normalized spacial score (nSPS) is 10.8. The van der Waals surface area contributed by atoms with Crippen molar-refractivity contribution >= 4 is 27.7 Å². The third kappa shape index (κ3) is 3.16. The first-order chi connectivity index (χ1) is 10.9. The third-order valence-electron chi connectivity index (χ3n) is 3.20. The molecule has 0 aromatic carbocycles. The van der Waals surface area contributed by atoms with Gasteiger partial charge in [-0.2, -0.15) is 5.10 Å². The minimum Gasteiger partial charge on any atom is -0.449 e. The van der Waals surface area contributed by atoms with Crippen LogP contribution in [-0.4, -0.2) is 25.7 Å². The summed E-state index contributed by atoms with van der Waals surface area (Å²) >= 11 is 3.40. The average Bonchev–Trinajstić information content (AvgIpc) is 3.06. The summed E-state index contributed by atoms with van der Waals surface area (Å²) in [6.45, 7) is 3.37. The highest BCUT2D eigenvalue weighted by Gasteiger charge is 2.17. The summed E-state index contributed by atoms with van der Waals surface area (Å²) in [5.74, 6) is 1.52. The van der Waals surface area contributed by atoms with Gasteiger partial charge in [0.15, 0.2) is 10.5 Å². The van der Waals surface area contributed by atoms with Crippen molar-refractivity contribution in [1.29, 1.82) is 0 Å². The number of pyridine rings is 1. The largest absolute Gasteiger partial charge is 0.449 e. The van der Waals surface area contributed by atoms with Gasteiger partial charge in [0, 0.05) is 25.7 Å². The monoisotopic (exact) mass is 375 g/mol. The third-order valence-corrected chi connectivity index (χ3v) is 3.79. The Bertz CT molecular complexity index is 884. The number of carbonyl (C=O) groups excluding carboxylic acids is 1. The fourth-order valence-electron chi connectivity index (χ4n) is 2.15. The molecule has 118 valence electrons. The number of anilines is 1. The van der Waals surface area contributed by atoms with Gasteiger partial charge in [-0.1, -0.05) is 0 Å². The highest BCUT2D eigenvalue weighted by molar-refractivity contribution is 9.10. The van der Waals surface area contributed by atoms with Gasteiger partial charge >= 0.3 is 0 Å². The smallest absolute Gasteiger partial charge is 0.222 e. The molecular formula is C15H14BrN5O2. The molecule has 0 saturated carbocycles. The van der Waals surface area contributed by atoms with Crippen molar-refractivity contribution in [3.05, 3.63) is 34.9 Å². The fourth-order valence-corrected chi connectivity index (χ4v) is 2.62. The number of carbonyl (C=O) groups is 1. The lowest BCUT2D eigenvalue weighted by molar-refractivity contribution is -0.114. The molecule has 23 heavy (non-hydrogen) atoms. The number of nitrogens with zero attached hydrogens (tertiary/aromatic N) is 4. The van der Waals surface area contributed by atoms with Crippen LogP contribution in [0.15, 0.2) is 33.7 Å². The number of amides is 1. The summed E-state index contributed by atoms with van der Waals surface area (Å²) in [6, 6.07) is 3.64. The molecule has 7 nitrogen and oxygen atoms in total. The number of halogens is 1. The first-order valence-corrected chi connectivity index (χ1v) is 7.63. The molecule has 3 aromatic rings. The van der Waals surface area contributed by atoms with Crippen LogP contribution in [0.1, 0.15) is 12.5 Å². The average molecular weight is 376 g/mol. The van der Waals surface area contributed by atoms with Gasteiger partial charge in [-0.05, 0) is 40.5 Å². The molecule has 3 aromatic heterocycles. The van der Waals surface area contributed by atoms with Gasteiger partial charge in [0.2, 0.25) is 5.91 Å². The lowest BCUT2D eigenvalue weighted by Crippen LogP contribution is -2.07. The molecule has 0 aliphatic rings. The minimum atomic E-state index is -0.175. The lowest BCUT2D eigenvalue weighted by Gasteiger charge is -2.06. The summed E-state index contributed by atoms with van der Waals surface area (Å²) in [7, 11) is 1.80. The molecule has 0 atom stereocenters. The van der Waals surface area contributed by atoms with Crippen LogP contribution in [-0.2, 0) is 11.8 Å². The topological polar surface area (TPSA) is 85.8 Å². The van der Waals surface area contributed by atoms with Crippen LogP contribution in [0.4, 0.5) is 5.82 Å². The van der Waals surface area contributed by atoms with E-state index in [1.807, 2.05) is 13.0 Å². The van der Waals surface area contributed by atoms with E-state index < -0.39 is 0 Å². The zero-order valence-electron chi connectivity index (χ0n) is 12.8. The number of hydrogen-bond acceptors (Lipinski definition) is 5. The quantitative estimate of drug-likeness (QED) is 0.759. The maximum atomic E-state index is 11.2. The van der Waals surface area contributed by atoms with Gasteiger partial charge in [0.25, 0.3) is 0 Å². The molecule has 0 unspecified atom stereocenters. The standard InChI is InChI=1S/C15H14BrN5O2/c1-8-6-17-13(19-9(2)22)5-10(8)12-4-11(14(16)23-12)15-18-7-21(3)20-15/h4-7H,1-3H3,(H,17,19,22). The van der Waals surface area contributed by atoms with E-state index in [0.717, 1.165) is 16.7 Å². The predicted octanol–water partition coefficient (Wildman–Crippen LogP) is 3.17. The van der Waals surface area contributed by atoms with E-state index in [1.165, 1.54) is 6.92 Å². The maximum absolute atomic E-state index is 11.2. The molecule has 3 heterocycles. The van der Waals surface area contributed by atoms with Crippen molar-refractivity contribution in [2.75, 3.05) is 5.32 Å². The number of aryl methyl sites for hydroxylation is 2. The number of furan rings is 1. The van der Waals surface area contributed by atoms with Gasteiger partial charge < -0.3 is 9.73 Å². The van der Waals surface area contributed by atoms with E-state index in [1.54, 1.807) is 30.3 Å². The Kier molecular flexibility index (Phi) is 3.99. The first-order valence-electron chi connectivity index (χ1n) is 6.84. The molecule has 0 saturated heterocycles. The minimum absolute atomic E-state index is 0.175. The van der Waals surface area contributed by atoms with Crippen molar-refractivity contribution in [3.8, 4) is 22.7 Å². The molecular weight excluding hydrogens is 362 g/mol. The molecule has 0 aliphatic heterocycles. The van der Waals surface area contributed by atoms with Crippen LogP contribution in [0.2, 0.25) is 0 Å². The Morgan fingerprint density at radius 3 is 2.74 bits per heavy atom. The van der Waals surface area contributed by atoms with Crippen LogP contribution < -0.4 is 5.32 Å². The van der Waals surface area contributed by atoms with Crippen LogP contribution >= 0.6 is 15.9 Å². The van der Waals surface area contributed by atoms with Gasteiger partial charge in [0.05, 0.1) is 5.56 Å². The van der Waals surface area contributed by atoms with Crippen LogP contribution in [0, 0.1) is 6.92 Å². The van der Waals surface area contributed by atoms with Crippen molar-refractivity contribution in [3.63, 3.8) is 0 Å². The highest BCUT2D eigenvalue weighted by atomic mass is 79.9. The van der Waals surface area contributed by atoms with E-state index in [9.17, 15) is 4.79 Å². The molecule has 0 radical (unpaired) electrons. The Balaban J connectivity index is 2.04. The number of aromatic nitrogens is 4. The van der Waals surface area contributed by atoms with E-state index in [0.29, 0.717) is 22.1 Å². The van der Waals surface area contributed by atoms with Gasteiger partial charge in [-0.25, -0.2) is 9.97 Å². The Labute approximate surface area is 140 Å². The molecule has 3 rings (SSSR count). The predicted molar refractivity (Wildman–Crippen MR) is 88.7 cm³/mol. The molecule has 0 bridgehead atoms. The molecule has 8 heteroatoms. The van der Waals surface area contributed by atoms with E-state index in [-0.39, 0.29) is 5.91 Å². The molecule has 0 spiro atoms. The van der Waals surface area contributed by atoms with E-state index >= 15 is 0 Å².